The average molecular weight is 462 g/mol. The molecule has 32 heavy (non-hydrogen) atoms. The number of hydrogen-bond acceptors (Lipinski definition) is 5. The number of nitrogens with one attached hydrogen (secondary N) is 1. The van der Waals surface area contributed by atoms with Gasteiger partial charge in [0.05, 0.1) is 10.7 Å². The second-order valence-corrected chi connectivity index (χ2v) is 11.5. The summed E-state index contributed by atoms with van der Waals surface area (Å²) in [5, 5.41) is -0.442. The van der Waals surface area contributed by atoms with Crippen LogP contribution in [0.1, 0.15) is 53.0 Å². The summed E-state index contributed by atoms with van der Waals surface area (Å²) in [4.78, 5) is 11.7. The number of ether oxygens (including phenoxy) is 2. The van der Waals surface area contributed by atoms with Crippen molar-refractivity contribution in [3.8, 4) is 16.9 Å². The van der Waals surface area contributed by atoms with Crippen molar-refractivity contribution in [2.45, 2.75) is 52.7 Å². The first-order chi connectivity index (χ1) is 14.9. The van der Waals surface area contributed by atoms with Gasteiger partial charge in [-0.25, -0.2) is 13.1 Å². The minimum absolute atomic E-state index is 0.0701. The predicted molar refractivity (Wildman–Crippen MR) is 128 cm³/mol. The zero-order valence-electron chi connectivity index (χ0n) is 19.8. The van der Waals surface area contributed by atoms with E-state index in [0.29, 0.717) is 18.9 Å². The molecule has 0 aromatic heterocycles. The van der Waals surface area contributed by atoms with Gasteiger partial charge in [-0.05, 0) is 69.4 Å². The largest absolute Gasteiger partial charge is 0.490 e. The first-order valence-corrected chi connectivity index (χ1v) is 12.4. The maximum Gasteiger partial charge on any atom is 0.311 e. The van der Waals surface area contributed by atoms with Crippen LogP contribution in [0.25, 0.3) is 11.1 Å². The molecule has 1 N–H and O–H groups in total. The molecule has 0 saturated carbocycles. The van der Waals surface area contributed by atoms with Crippen LogP contribution >= 0.6 is 0 Å². The molecule has 0 bridgehead atoms. The SMILES string of the molecule is CC(CNS(=O)(=O)C(C)C)c1ccc(-c2ccc(OCCOC(=O)C(C)(C)C)cc2)cc1. The molecule has 6 nitrogen and oxygen atoms in total. The van der Waals surface area contributed by atoms with E-state index in [-0.39, 0.29) is 18.5 Å². The van der Waals surface area contributed by atoms with Gasteiger partial charge in [-0.2, -0.15) is 0 Å². The van der Waals surface area contributed by atoms with Crippen molar-refractivity contribution in [2.24, 2.45) is 5.41 Å². The van der Waals surface area contributed by atoms with Crippen LogP contribution in [0.2, 0.25) is 0 Å². The van der Waals surface area contributed by atoms with Crippen LogP contribution in [-0.4, -0.2) is 39.4 Å². The summed E-state index contributed by atoms with van der Waals surface area (Å²) in [6.45, 7) is 11.7. The van der Waals surface area contributed by atoms with Gasteiger partial charge in [0.25, 0.3) is 0 Å². The van der Waals surface area contributed by atoms with E-state index in [1.807, 2.05) is 76.2 Å². The van der Waals surface area contributed by atoms with Crippen LogP contribution in [0.5, 0.6) is 5.75 Å². The maximum atomic E-state index is 11.9. The van der Waals surface area contributed by atoms with Crippen molar-refractivity contribution in [3.05, 3.63) is 54.1 Å². The Morgan fingerprint density at radius 3 is 1.94 bits per heavy atom. The number of sulfonamides is 1. The summed E-state index contributed by atoms with van der Waals surface area (Å²) in [5.41, 5.74) is 2.67. The molecule has 0 saturated heterocycles. The van der Waals surface area contributed by atoms with E-state index in [9.17, 15) is 13.2 Å². The number of benzene rings is 2. The Balaban J connectivity index is 1.88. The van der Waals surface area contributed by atoms with E-state index in [0.717, 1.165) is 16.7 Å². The molecule has 0 aliphatic carbocycles. The minimum atomic E-state index is -3.26. The van der Waals surface area contributed by atoms with Crippen molar-refractivity contribution >= 4 is 16.0 Å². The van der Waals surface area contributed by atoms with Crippen molar-refractivity contribution in [2.75, 3.05) is 19.8 Å². The van der Waals surface area contributed by atoms with Crippen LogP contribution in [0, 0.1) is 5.41 Å². The highest BCUT2D eigenvalue weighted by Crippen LogP contribution is 2.25. The van der Waals surface area contributed by atoms with E-state index in [4.69, 9.17) is 9.47 Å². The standard InChI is InChI=1S/C25H35NO5S/c1-18(2)32(28,29)26-17-19(3)20-7-9-21(10-8-20)22-11-13-23(14-12-22)30-15-16-31-24(27)25(4,5)6/h7-14,18-19,26H,15-17H2,1-6H3. The average Bonchev–Trinajstić information content (AvgIpc) is 2.74. The van der Waals surface area contributed by atoms with E-state index < -0.39 is 20.7 Å². The second kappa shape index (κ2) is 11.0. The summed E-state index contributed by atoms with van der Waals surface area (Å²) in [6.07, 6.45) is 0. The Morgan fingerprint density at radius 2 is 1.44 bits per heavy atom. The smallest absolute Gasteiger partial charge is 0.311 e. The fraction of sp³-hybridized carbons (Fsp3) is 0.480. The van der Waals surface area contributed by atoms with E-state index in [2.05, 4.69) is 4.72 Å². The highest BCUT2D eigenvalue weighted by Gasteiger charge is 2.22. The molecular weight excluding hydrogens is 426 g/mol. The fourth-order valence-electron chi connectivity index (χ4n) is 2.78. The molecule has 0 aliphatic heterocycles. The topological polar surface area (TPSA) is 81.7 Å². The highest BCUT2D eigenvalue weighted by molar-refractivity contribution is 7.90. The molecule has 0 heterocycles. The van der Waals surface area contributed by atoms with Gasteiger partial charge in [0.1, 0.15) is 19.0 Å². The third-order valence-electron chi connectivity index (χ3n) is 5.08. The summed E-state index contributed by atoms with van der Waals surface area (Å²) in [5.74, 6) is 0.538. The molecule has 0 spiro atoms. The van der Waals surface area contributed by atoms with Crippen LogP contribution in [0.15, 0.2) is 48.5 Å². The molecule has 2 aromatic rings. The van der Waals surface area contributed by atoms with Gasteiger partial charge < -0.3 is 9.47 Å². The maximum absolute atomic E-state index is 11.9. The first kappa shape index (κ1) is 25.9. The normalized spacial score (nSPS) is 13.1. The molecule has 176 valence electrons. The second-order valence-electron chi connectivity index (χ2n) is 9.22. The van der Waals surface area contributed by atoms with Crippen molar-refractivity contribution in [1.29, 1.82) is 0 Å². The molecule has 2 rings (SSSR count). The summed E-state index contributed by atoms with van der Waals surface area (Å²) >= 11 is 0. The van der Waals surface area contributed by atoms with E-state index in [1.54, 1.807) is 13.8 Å². The van der Waals surface area contributed by atoms with Gasteiger partial charge in [0.15, 0.2) is 0 Å². The Labute approximate surface area is 192 Å². The molecule has 0 aliphatic rings. The Morgan fingerprint density at radius 1 is 0.906 bits per heavy atom. The molecule has 1 unspecified atom stereocenters. The van der Waals surface area contributed by atoms with Gasteiger partial charge in [0, 0.05) is 6.54 Å². The Hall–Kier alpha value is -2.38. The van der Waals surface area contributed by atoms with Gasteiger partial charge >= 0.3 is 5.97 Å². The summed E-state index contributed by atoms with van der Waals surface area (Å²) < 4.78 is 37.4. The zero-order chi connectivity index (χ0) is 23.9. The molecule has 0 amide bonds. The predicted octanol–water partition coefficient (Wildman–Crippen LogP) is 4.75. The number of rotatable bonds is 10. The lowest BCUT2D eigenvalue weighted by Crippen LogP contribution is -2.33. The highest BCUT2D eigenvalue weighted by atomic mass is 32.2. The lowest BCUT2D eigenvalue weighted by molar-refractivity contribution is -0.153. The first-order valence-electron chi connectivity index (χ1n) is 10.9. The van der Waals surface area contributed by atoms with Gasteiger partial charge in [-0.15, -0.1) is 0 Å². The molecule has 7 heteroatoms. The van der Waals surface area contributed by atoms with Crippen molar-refractivity contribution < 1.29 is 22.7 Å². The molecule has 2 aromatic carbocycles. The van der Waals surface area contributed by atoms with Crippen LogP contribution in [-0.2, 0) is 19.6 Å². The van der Waals surface area contributed by atoms with E-state index in [1.165, 1.54) is 0 Å². The third-order valence-corrected chi connectivity index (χ3v) is 6.89. The number of esters is 1. The van der Waals surface area contributed by atoms with Crippen molar-refractivity contribution in [3.63, 3.8) is 0 Å². The lowest BCUT2D eigenvalue weighted by atomic mass is 9.97. The molecular formula is C25H35NO5S. The number of carbonyl (C=O) groups excluding carboxylic acids is 1. The van der Waals surface area contributed by atoms with Gasteiger partial charge in [0.2, 0.25) is 10.0 Å². The lowest BCUT2D eigenvalue weighted by Gasteiger charge is -2.16. The Kier molecular flexibility index (Phi) is 8.87. The molecule has 0 fully saturated rings. The van der Waals surface area contributed by atoms with E-state index >= 15 is 0 Å². The fourth-order valence-corrected chi connectivity index (χ4v) is 3.60. The van der Waals surface area contributed by atoms with Crippen LogP contribution in [0.4, 0.5) is 0 Å². The monoisotopic (exact) mass is 461 g/mol. The summed E-state index contributed by atoms with van der Waals surface area (Å²) in [7, 11) is -3.26. The van der Waals surface area contributed by atoms with Crippen LogP contribution in [0.3, 0.4) is 0 Å². The third kappa shape index (κ3) is 7.64. The minimum Gasteiger partial charge on any atom is -0.490 e. The number of carbonyl (C=O) groups is 1. The molecule has 1 atom stereocenters. The van der Waals surface area contributed by atoms with Gasteiger partial charge in [-0.3, -0.25) is 4.79 Å². The molecule has 0 radical (unpaired) electrons. The summed E-state index contributed by atoms with van der Waals surface area (Å²) in [6, 6.07) is 15.8. The quantitative estimate of drug-likeness (QED) is 0.408. The number of hydrogen-bond donors (Lipinski definition) is 1. The van der Waals surface area contributed by atoms with Gasteiger partial charge in [-0.1, -0.05) is 43.3 Å². The Bertz CT molecular complexity index is 974. The zero-order valence-corrected chi connectivity index (χ0v) is 20.7. The van der Waals surface area contributed by atoms with Crippen molar-refractivity contribution in [1.82, 2.24) is 4.72 Å². The van der Waals surface area contributed by atoms with Crippen LogP contribution < -0.4 is 9.46 Å².